The molecule has 2 atom stereocenters. The van der Waals surface area contributed by atoms with Gasteiger partial charge in [-0.3, -0.25) is 4.79 Å². The van der Waals surface area contributed by atoms with Crippen molar-refractivity contribution in [2.75, 3.05) is 13.1 Å². The molecule has 0 saturated carbocycles. The molecule has 3 amide bonds. The molecule has 0 rings (SSSR count). The van der Waals surface area contributed by atoms with Gasteiger partial charge in [0.2, 0.25) is 5.91 Å². The van der Waals surface area contributed by atoms with Crippen LogP contribution in [-0.4, -0.2) is 37.1 Å². The largest absolute Gasteiger partial charge is 0.353 e. The van der Waals surface area contributed by atoms with E-state index in [0.29, 0.717) is 13.0 Å². The molecular formula is C11H25ClN4O2. The summed E-state index contributed by atoms with van der Waals surface area (Å²) in [7, 11) is 0. The van der Waals surface area contributed by atoms with Gasteiger partial charge in [0.25, 0.3) is 0 Å². The summed E-state index contributed by atoms with van der Waals surface area (Å²) < 4.78 is 0. The van der Waals surface area contributed by atoms with E-state index in [1.165, 1.54) is 0 Å². The van der Waals surface area contributed by atoms with Gasteiger partial charge in [-0.2, -0.15) is 0 Å². The van der Waals surface area contributed by atoms with Crippen molar-refractivity contribution in [1.29, 1.82) is 0 Å². The summed E-state index contributed by atoms with van der Waals surface area (Å²) in [4.78, 5) is 22.5. The topological polar surface area (TPSA) is 96.2 Å². The molecule has 0 aromatic carbocycles. The third-order valence-corrected chi connectivity index (χ3v) is 2.35. The van der Waals surface area contributed by atoms with Crippen LogP contribution in [0, 0.1) is 0 Å². The van der Waals surface area contributed by atoms with Crippen molar-refractivity contribution in [3.63, 3.8) is 0 Å². The predicted molar refractivity (Wildman–Crippen MR) is 74.8 cm³/mol. The van der Waals surface area contributed by atoms with Crippen LogP contribution in [0.4, 0.5) is 4.79 Å². The van der Waals surface area contributed by atoms with Crippen LogP contribution in [0.1, 0.15) is 33.6 Å². The number of hydrogen-bond acceptors (Lipinski definition) is 3. The van der Waals surface area contributed by atoms with Crippen LogP contribution in [0.25, 0.3) is 0 Å². The normalized spacial score (nSPS) is 13.1. The van der Waals surface area contributed by atoms with E-state index in [1.807, 2.05) is 20.8 Å². The molecule has 0 aliphatic heterocycles. The van der Waals surface area contributed by atoms with Gasteiger partial charge in [0.1, 0.15) is 6.04 Å². The number of nitrogens with one attached hydrogen (secondary N) is 3. The lowest BCUT2D eigenvalue weighted by atomic mass is 10.1. The highest BCUT2D eigenvalue weighted by molar-refractivity contribution is 5.86. The van der Waals surface area contributed by atoms with Gasteiger partial charge in [-0.15, -0.1) is 12.4 Å². The van der Waals surface area contributed by atoms with E-state index in [0.717, 1.165) is 13.0 Å². The predicted octanol–water partition coefficient (Wildman–Crippen LogP) is 0.359. The van der Waals surface area contributed by atoms with Crippen LogP contribution in [0.3, 0.4) is 0 Å². The number of amides is 3. The quantitative estimate of drug-likeness (QED) is 0.517. The minimum Gasteiger partial charge on any atom is -0.353 e. The van der Waals surface area contributed by atoms with Crippen molar-refractivity contribution in [3.05, 3.63) is 0 Å². The molecule has 0 spiro atoms. The zero-order valence-corrected chi connectivity index (χ0v) is 12.1. The van der Waals surface area contributed by atoms with Crippen LogP contribution in [0.5, 0.6) is 0 Å². The average Bonchev–Trinajstić information content (AvgIpc) is 2.25. The first kappa shape index (κ1) is 19.3. The molecule has 0 radical (unpaired) electrons. The SMILES string of the molecule is CCC[C@@H](NC(N)=O)C(=O)NC[C@@H](C)NCC.Cl. The molecule has 18 heavy (non-hydrogen) atoms. The van der Waals surface area contributed by atoms with E-state index in [2.05, 4.69) is 16.0 Å². The van der Waals surface area contributed by atoms with Crippen LogP contribution in [0.15, 0.2) is 0 Å². The molecule has 0 aromatic heterocycles. The van der Waals surface area contributed by atoms with Gasteiger partial charge in [-0.25, -0.2) is 4.79 Å². The van der Waals surface area contributed by atoms with E-state index in [4.69, 9.17) is 5.73 Å². The summed E-state index contributed by atoms with van der Waals surface area (Å²) in [5.41, 5.74) is 5.02. The lowest BCUT2D eigenvalue weighted by Gasteiger charge is -2.18. The molecule has 0 aromatic rings. The number of likely N-dealkylation sites (N-methyl/N-ethyl adjacent to an activating group) is 1. The minimum atomic E-state index is -0.668. The number of rotatable bonds is 8. The molecule has 0 fully saturated rings. The number of urea groups is 1. The zero-order valence-electron chi connectivity index (χ0n) is 11.3. The Bertz CT molecular complexity index is 251. The fraction of sp³-hybridized carbons (Fsp3) is 0.818. The molecular weight excluding hydrogens is 256 g/mol. The number of hydrogen-bond donors (Lipinski definition) is 4. The maximum absolute atomic E-state index is 11.8. The summed E-state index contributed by atoms with van der Waals surface area (Å²) in [5.74, 6) is -0.185. The third-order valence-electron chi connectivity index (χ3n) is 2.35. The third kappa shape index (κ3) is 9.07. The summed E-state index contributed by atoms with van der Waals surface area (Å²) in [5, 5.41) is 8.41. The second kappa shape index (κ2) is 11.1. The van der Waals surface area contributed by atoms with Crippen molar-refractivity contribution in [3.8, 4) is 0 Å². The first-order valence-electron chi connectivity index (χ1n) is 6.08. The number of primary amides is 1. The van der Waals surface area contributed by atoms with Gasteiger partial charge in [0, 0.05) is 12.6 Å². The second-order valence-corrected chi connectivity index (χ2v) is 4.05. The molecule has 0 aliphatic carbocycles. The highest BCUT2D eigenvalue weighted by Gasteiger charge is 2.18. The standard InChI is InChI=1S/C11H24N4O2.ClH/c1-4-6-9(15-11(12)17)10(16)14-7-8(3)13-5-2;/h8-9,13H,4-7H2,1-3H3,(H,14,16)(H3,12,15,17);1H/t8-,9-;/m1./s1. The maximum atomic E-state index is 11.8. The fourth-order valence-corrected chi connectivity index (χ4v) is 1.53. The smallest absolute Gasteiger partial charge is 0.312 e. The van der Waals surface area contributed by atoms with E-state index in [-0.39, 0.29) is 24.4 Å². The highest BCUT2D eigenvalue weighted by atomic mass is 35.5. The van der Waals surface area contributed by atoms with Crippen molar-refractivity contribution >= 4 is 24.3 Å². The van der Waals surface area contributed by atoms with Gasteiger partial charge in [-0.1, -0.05) is 20.3 Å². The zero-order chi connectivity index (χ0) is 13.3. The fourth-order valence-electron chi connectivity index (χ4n) is 1.53. The van der Waals surface area contributed by atoms with E-state index in [9.17, 15) is 9.59 Å². The first-order valence-corrected chi connectivity index (χ1v) is 6.08. The summed E-state index contributed by atoms with van der Waals surface area (Å²) in [6, 6.07) is -0.996. The Balaban J connectivity index is 0. The van der Waals surface area contributed by atoms with Crippen molar-refractivity contribution in [1.82, 2.24) is 16.0 Å². The molecule has 0 heterocycles. The Labute approximate surface area is 115 Å². The van der Waals surface area contributed by atoms with Crippen LogP contribution in [0.2, 0.25) is 0 Å². The minimum absolute atomic E-state index is 0. The molecule has 6 nitrogen and oxygen atoms in total. The molecule has 5 N–H and O–H groups in total. The van der Waals surface area contributed by atoms with Crippen LogP contribution in [-0.2, 0) is 4.79 Å². The first-order chi connectivity index (χ1) is 8.01. The number of halogens is 1. The summed E-state index contributed by atoms with van der Waals surface area (Å²) in [6.07, 6.45) is 1.39. The van der Waals surface area contributed by atoms with Gasteiger partial charge >= 0.3 is 6.03 Å². The lowest BCUT2D eigenvalue weighted by Crippen LogP contribution is -2.50. The number of carbonyl (C=O) groups is 2. The molecule has 0 bridgehead atoms. The van der Waals surface area contributed by atoms with E-state index >= 15 is 0 Å². The van der Waals surface area contributed by atoms with E-state index in [1.54, 1.807) is 0 Å². The van der Waals surface area contributed by atoms with Crippen molar-refractivity contribution < 1.29 is 9.59 Å². The van der Waals surface area contributed by atoms with Gasteiger partial charge in [0.15, 0.2) is 0 Å². The maximum Gasteiger partial charge on any atom is 0.312 e. The Kier molecular flexibility index (Phi) is 11.9. The molecule has 0 unspecified atom stereocenters. The van der Waals surface area contributed by atoms with Crippen LogP contribution >= 0.6 is 12.4 Å². The monoisotopic (exact) mass is 280 g/mol. The van der Waals surface area contributed by atoms with Gasteiger partial charge in [-0.05, 0) is 19.9 Å². The van der Waals surface area contributed by atoms with Crippen LogP contribution < -0.4 is 21.7 Å². The number of nitrogens with two attached hydrogens (primary N) is 1. The Morgan fingerprint density at radius 2 is 1.89 bits per heavy atom. The Morgan fingerprint density at radius 3 is 2.33 bits per heavy atom. The van der Waals surface area contributed by atoms with Gasteiger partial charge in [0.05, 0.1) is 0 Å². The highest BCUT2D eigenvalue weighted by Crippen LogP contribution is 1.96. The van der Waals surface area contributed by atoms with Crippen molar-refractivity contribution in [2.24, 2.45) is 5.73 Å². The molecule has 7 heteroatoms. The van der Waals surface area contributed by atoms with E-state index < -0.39 is 12.1 Å². The van der Waals surface area contributed by atoms with Gasteiger partial charge < -0.3 is 21.7 Å². The molecule has 108 valence electrons. The lowest BCUT2D eigenvalue weighted by molar-refractivity contribution is -0.123. The summed E-state index contributed by atoms with van der Waals surface area (Å²) in [6.45, 7) is 7.33. The second-order valence-electron chi connectivity index (χ2n) is 4.05. The Hall–Kier alpha value is -1.01. The van der Waals surface area contributed by atoms with Crippen molar-refractivity contribution in [2.45, 2.75) is 45.7 Å². The molecule has 0 aliphatic rings. The number of carbonyl (C=O) groups excluding carboxylic acids is 2. The average molecular weight is 281 g/mol. The Morgan fingerprint density at radius 1 is 1.28 bits per heavy atom. The molecule has 0 saturated heterocycles. The summed E-state index contributed by atoms with van der Waals surface area (Å²) >= 11 is 0.